The molecular weight excluding hydrogens is 304 g/mol. The fourth-order valence-corrected chi connectivity index (χ4v) is 2.94. The van der Waals surface area contributed by atoms with Crippen LogP contribution in [-0.4, -0.2) is 43.9 Å². The number of ketones is 1. The molecule has 7 nitrogen and oxygen atoms in total. The van der Waals surface area contributed by atoms with Crippen LogP contribution in [0.3, 0.4) is 0 Å². The Kier molecular flexibility index (Phi) is 5.02. The summed E-state index contributed by atoms with van der Waals surface area (Å²) in [4.78, 5) is 27.2. The SMILES string of the molecule is CCOC(=O)c1[nH]c(C)c(C(=O)CSc2nncn2C)c1C. The van der Waals surface area contributed by atoms with Crippen LogP contribution in [0.5, 0.6) is 0 Å². The highest BCUT2D eigenvalue weighted by molar-refractivity contribution is 7.99. The minimum absolute atomic E-state index is 0.0604. The van der Waals surface area contributed by atoms with Crippen molar-refractivity contribution in [1.29, 1.82) is 0 Å². The summed E-state index contributed by atoms with van der Waals surface area (Å²) >= 11 is 1.31. The summed E-state index contributed by atoms with van der Waals surface area (Å²) in [5.74, 6) is -0.271. The number of hydrogen-bond acceptors (Lipinski definition) is 6. The lowest BCUT2D eigenvalue weighted by atomic mass is 10.1. The van der Waals surface area contributed by atoms with Crippen molar-refractivity contribution < 1.29 is 14.3 Å². The van der Waals surface area contributed by atoms with Crippen molar-refractivity contribution in [2.75, 3.05) is 12.4 Å². The number of carbonyl (C=O) groups excluding carboxylic acids is 2. The third-order valence-corrected chi connectivity index (χ3v) is 4.23. The lowest BCUT2D eigenvalue weighted by Gasteiger charge is -2.03. The van der Waals surface area contributed by atoms with Crippen LogP contribution in [0.4, 0.5) is 0 Å². The highest BCUT2D eigenvalue weighted by atomic mass is 32.2. The van der Waals surface area contributed by atoms with Gasteiger partial charge in [-0.25, -0.2) is 4.79 Å². The van der Waals surface area contributed by atoms with Crippen molar-refractivity contribution in [3.63, 3.8) is 0 Å². The second kappa shape index (κ2) is 6.78. The molecule has 2 heterocycles. The van der Waals surface area contributed by atoms with Crippen LogP contribution in [0.2, 0.25) is 0 Å². The van der Waals surface area contributed by atoms with Crippen LogP contribution in [0, 0.1) is 13.8 Å². The van der Waals surface area contributed by atoms with E-state index < -0.39 is 5.97 Å². The van der Waals surface area contributed by atoms with Gasteiger partial charge in [0.25, 0.3) is 0 Å². The molecule has 0 aliphatic rings. The Morgan fingerprint density at radius 3 is 2.73 bits per heavy atom. The summed E-state index contributed by atoms with van der Waals surface area (Å²) < 4.78 is 6.73. The van der Waals surface area contributed by atoms with Gasteiger partial charge in [-0.3, -0.25) is 4.79 Å². The van der Waals surface area contributed by atoms with Crippen LogP contribution in [-0.2, 0) is 11.8 Å². The first-order valence-corrected chi connectivity index (χ1v) is 7.80. The first kappa shape index (κ1) is 16.3. The van der Waals surface area contributed by atoms with Crippen molar-refractivity contribution in [1.82, 2.24) is 19.7 Å². The van der Waals surface area contributed by atoms with E-state index in [9.17, 15) is 9.59 Å². The highest BCUT2D eigenvalue weighted by Crippen LogP contribution is 2.22. The predicted molar refractivity (Wildman–Crippen MR) is 82.3 cm³/mol. The number of nitrogens with zero attached hydrogens (tertiary/aromatic N) is 3. The minimum atomic E-state index is -0.442. The van der Waals surface area contributed by atoms with Crippen LogP contribution in [0.15, 0.2) is 11.5 Å². The molecule has 8 heteroatoms. The molecule has 0 bridgehead atoms. The second-order valence-electron chi connectivity index (χ2n) is 4.78. The van der Waals surface area contributed by atoms with Gasteiger partial charge in [-0.2, -0.15) is 0 Å². The minimum Gasteiger partial charge on any atom is -0.461 e. The van der Waals surface area contributed by atoms with E-state index in [4.69, 9.17) is 4.74 Å². The number of esters is 1. The Morgan fingerprint density at radius 1 is 1.41 bits per heavy atom. The molecule has 0 spiro atoms. The number of nitrogens with one attached hydrogen (secondary N) is 1. The van der Waals surface area contributed by atoms with Crippen LogP contribution in [0.1, 0.15) is 39.0 Å². The Morgan fingerprint density at radius 2 is 2.14 bits per heavy atom. The van der Waals surface area contributed by atoms with E-state index in [0.29, 0.717) is 34.3 Å². The van der Waals surface area contributed by atoms with E-state index in [1.165, 1.54) is 11.8 Å². The molecule has 0 radical (unpaired) electrons. The standard InChI is InChI=1S/C14H18N4O3S/c1-5-21-13(20)12-8(2)11(9(3)16-12)10(19)6-22-14-17-15-7-18(14)4/h7,16H,5-6H2,1-4H3. The molecule has 0 saturated carbocycles. The van der Waals surface area contributed by atoms with Crippen LogP contribution in [0.25, 0.3) is 0 Å². The summed E-state index contributed by atoms with van der Waals surface area (Å²) in [6.45, 7) is 5.56. The molecule has 2 aromatic rings. The average molecular weight is 322 g/mol. The van der Waals surface area contributed by atoms with Gasteiger partial charge in [0.05, 0.1) is 12.4 Å². The van der Waals surface area contributed by atoms with Gasteiger partial charge in [0, 0.05) is 18.3 Å². The van der Waals surface area contributed by atoms with Gasteiger partial charge >= 0.3 is 5.97 Å². The monoisotopic (exact) mass is 322 g/mol. The number of aromatic nitrogens is 4. The zero-order chi connectivity index (χ0) is 16.3. The average Bonchev–Trinajstić information content (AvgIpc) is 3.00. The van der Waals surface area contributed by atoms with Crippen molar-refractivity contribution in [3.8, 4) is 0 Å². The number of thioether (sulfide) groups is 1. The maximum Gasteiger partial charge on any atom is 0.355 e. The van der Waals surface area contributed by atoms with E-state index in [1.807, 2.05) is 7.05 Å². The number of carbonyl (C=O) groups is 2. The number of ether oxygens (including phenoxy) is 1. The van der Waals surface area contributed by atoms with Crippen molar-refractivity contribution >= 4 is 23.5 Å². The quantitative estimate of drug-likeness (QED) is 0.496. The molecule has 22 heavy (non-hydrogen) atoms. The van der Waals surface area contributed by atoms with Crippen molar-refractivity contribution in [2.24, 2.45) is 7.05 Å². The summed E-state index contributed by atoms with van der Waals surface area (Å²) in [6, 6.07) is 0. The third kappa shape index (κ3) is 3.22. The number of rotatable bonds is 6. The molecule has 0 aromatic carbocycles. The molecule has 2 rings (SSSR count). The molecule has 2 aromatic heterocycles. The highest BCUT2D eigenvalue weighted by Gasteiger charge is 2.23. The van der Waals surface area contributed by atoms with Crippen LogP contribution < -0.4 is 0 Å². The van der Waals surface area contributed by atoms with Gasteiger partial charge in [0.2, 0.25) is 0 Å². The summed E-state index contributed by atoms with van der Waals surface area (Å²) in [5.41, 5.74) is 2.17. The van der Waals surface area contributed by atoms with E-state index >= 15 is 0 Å². The maximum absolute atomic E-state index is 12.4. The van der Waals surface area contributed by atoms with Gasteiger partial charge in [-0.15, -0.1) is 10.2 Å². The van der Waals surface area contributed by atoms with E-state index in [0.717, 1.165) is 0 Å². The van der Waals surface area contributed by atoms with Crippen LogP contribution >= 0.6 is 11.8 Å². The molecule has 0 atom stereocenters. The zero-order valence-electron chi connectivity index (χ0n) is 13.0. The van der Waals surface area contributed by atoms with E-state index in [1.54, 1.807) is 31.7 Å². The molecule has 0 fully saturated rings. The van der Waals surface area contributed by atoms with Gasteiger partial charge < -0.3 is 14.3 Å². The predicted octanol–water partition coefficient (Wildman–Crippen LogP) is 1.91. The number of aryl methyl sites for hydroxylation is 2. The maximum atomic E-state index is 12.4. The lowest BCUT2D eigenvalue weighted by Crippen LogP contribution is -2.08. The summed E-state index contributed by atoms with van der Waals surface area (Å²) in [6.07, 6.45) is 1.58. The first-order chi connectivity index (χ1) is 10.5. The fraction of sp³-hybridized carbons (Fsp3) is 0.429. The number of hydrogen-bond donors (Lipinski definition) is 1. The van der Waals surface area contributed by atoms with Gasteiger partial charge in [0.1, 0.15) is 12.0 Å². The Bertz CT molecular complexity index is 705. The summed E-state index contributed by atoms with van der Waals surface area (Å²) in [7, 11) is 1.82. The second-order valence-corrected chi connectivity index (χ2v) is 5.72. The number of aromatic amines is 1. The van der Waals surface area contributed by atoms with E-state index in [2.05, 4.69) is 15.2 Å². The Hall–Kier alpha value is -2.09. The Balaban J connectivity index is 2.16. The molecule has 0 amide bonds. The third-order valence-electron chi connectivity index (χ3n) is 3.20. The molecule has 0 saturated heterocycles. The molecule has 0 aliphatic carbocycles. The largest absolute Gasteiger partial charge is 0.461 e. The summed E-state index contributed by atoms with van der Waals surface area (Å²) in [5, 5.41) is 8.37. The van der Waals surface area contributed by atoms with E-state index in [-0.39, 0.29) is 11.5 Å². The van der Waals surface area contributed by atoms with Gasteiger partial charge in [-0.05, 0) is 26.3 Å². The van der Waals surface area contributed by atoms with Gasteiger partial charge in [-0.1, -0.05) is 11.8 Å². The molecular formula is C14H18N4O3S. The fourth-order valence-electron chi connectivity index (χ4n) is 2.18. The topological polar surface area (TPSA) is 89.9 Å². The number of H-pyrrole nitrogens is 1. The Labute approximate surface area is 132 Å². The lowest BCUT2D eigenvalue weighted by molar-refractivity contribution is 0.0519. The van der Waals surface area contributed by atoms with Gasteiger partial charge in [0.15, 0.2) is 10.9 Å². The first-order valence-electron chi connectivity index (χ1n) is 6.82. The van der Waals surface area contributed by atoms with Crippen molar-refractivity contribution in [3.05, 3.63) is 28.8 Å². The molecule has 118 valence electrons. The zero-order valence-corrected chi connectivity index (χ0v) is 13.8. The molecule has 1 N–H and O–H groups in total. The molecule has 0 aliphatic heterocycles. The normalized spacial score (nSPS) is 10.7. The number of Topliss-reactive ketones (excluding diaryl/α,β-unsaturated/α-hetero) is 1. The molecule has 0 unspecified atom stereocenters. The smallest absolute Gasteiger partial charge is 0.355 e. The van der Waals surface area contributed by atoms with Crippen molar-refractivity contribution in [2.45, 2.75) is 25.9 Å².